The molecular formula is C25H22ClN7O2S. The van der Waals surface area contributed by atoms with Crippen LogP contribution in [0.3, 0.4) is 0 Å². The number of para-hydroxylation sites is 1. The monoisotopic (exact) mass is 519 g/mol. The summed E-state index contributed by atoms with van der Waals surface area (Å²) < 4.78 is 7.08. The maximum atomic E-state index is 13.7. The van der Waals surface area contributed by atoms with Gasteiger partial charge in [-0.15, -0.1) is 0 Å². The van der Waals surface area contributed by atoms with Crippen LogP contribution in [0, 0.1) is 0 Å². The molecule has 0 aliphatic rings. The lowest BCUT2D eigenvalue weighted by Gasteiger charge is -2.21. The quantitative estimate of drug-likeness (QED) is 0.304. The molecule has 0 bridgehead atoms. The van der Waals surface area contributed by atoms with Gasteiger partial charge >= 0.3 is 0 Å². The topological polar surface area (TPSA) is 121 Å². The fourth-order valence-corrected chi connectivity index (χ4v) is 4.94. The lowest BCUT2D eigenvalue weighted by Crippen LogP contribution is -2.27. The molecule has 3 heterocycles. The van der Waals surface area contributed by atoms with Crippen LogP contribution in [0.2, 0.25) is 5.02 Å². The highest BCUT2D eigenvalue weighted by Crippen LogP contribution is 2.35. The highest BCUT2D eigenvalue weighted by molar-refractivity contribution is 7.16. The summed E-state index contributed by atoms with van der Waals surface area (Å²) in [4.78, 5) is 32.2. The van der Waals surface area contributed by atoms with Crippen molar-refractivity contribution in [1.29, 1.82) is 0 Å². The molecule has 5 aromatic rings. The summed E-state index contributed by atoms with van der Waals surface area (Å²) in [6, 6.07) is 14.1. The largest absolute Gasteiger partial charge is 0.470 e. The minimum absolute atomic E-state index is 0.113. The average Bonchev–Trinajstić information content (AvgIpc) is 3.33. The number of nitrogen functional groups attached to an aromatic ring is 1. The Morgan fingerprint density at radius 3 is 2.69 bits per heavy atom. The van der Waals surface area contributed by atoms with E-state index >= 15 is 0 Å². The van der Waals surface area contributed by atoms with Gasteiger partial charge in [0, 0.05) is 12.4 Å². The van der Waals surface area contributed by atoms with Crippen LogP contribution in [0.4, 0.5) is 11.8 Å². The molecule has 0 fully saturated rings. The van der Waals surface area contributed by atoms with E-state index in [0.717, 1.165) is 4.88 Å². The zero-order valence-electron chi connectivity index (χ0n) is 19.5. The fourth-order valence-electron chi connectivity index (χ4n) is 3.85. The number of anilines is 2. The number of hydrogen-bond donors (Lipinski definition) is 2. The standard InChI is InChI=1S/C25H22ClN7O2S/c1-3-35-25-29-13-19(36-25)16-12-28-24(27)32-21(16)30-14(2)22-31-18-11-7-10-17(26)20(18)23(34)33(22)15-8-5-4-6-9-15/h4-14H,3H2,1-2H3,(H3,27,28,30,32). The predicted molar refractivity (Wildman–Crippen MR) is 143 cm³/mol. The molecule has 0 radical (unpaired) electrons. The van der Waals surface area contributed by atoms with Gasteiger partial charge in [-0.2, -0.15) is 4.98 Å². The molecule has 182 valence electrons. The molecule has 2 aromatic carbocycles. The van der Waals surface area contributed by atoms with Crippen LogP contribution in [0.1, 0.15) is 25.7 Å². The number of hydrogen-bond acceptors (Lipinski definition) is 9. The number of fused-ring (bicyclic) bond motifs is 1. The minimum Gasteiger partial charge on any atom is -0.470 e. The van der Waals surface area contributed by atoms with Crippen molar-refractivity contribution < 1.29 is 4.74 Å². The second-order valence-corrected chi connectivity index (χ2v) is 9.26. The summed E-state index contributed by atoms with van der Waals surface area (Å²) >= 11 is 7.78. The molecular weight excluding hydrogens is 498 g/mol. The molecule has 3 N–H and O–H groups in total. The third kappa shape index (κ3) is 4.48. The first-order valence-corrected chi connectivity index (χ1v) is 12.4. The molecule has 11 heteroatoms. The Morgan fingerprint density at radius 2 is 1.92 bits per heavy atom. The maximum Gasteiger partial charge on any atom is 0.273 e. The first-order valence-electron chi connectivity index (χ1n) is 11.2. The van der Waals surface area contributed by atoms with E-state index in [-0.39, 0.29) is 11.5 Å². The molecule has 9 nitrogen and oxygen atoms in total. The van der Waals surface area contributed by atoms with Gasteiger partial charge in [-0.1, -0.05) is 47.2 Å². The Morgan fingerprint density at radius 1 is 1.11 bits per heavy atom. The van der Waals surface area contributed by atoms with Gasteiger partial charge in [0.05, 0.1) is 44.7 Å². The van der Waals surface area contributed by atoms with E-state index < -0.39 is 6.04 Å². The SMILES string of the molecule is CCOc1ncc(-c2cnc(N)nc2NC(C)c2nc3cccc(Cl)c3c(=O)n2-c2ccccc2)s1. The molecule has 1 atom stereocenters. The van der Waals surface area contributed by atoms with Crippen molar-refractivity contribution in [2.24, 2.45) is 0 Å². The lowest BCUT2D eigenvalue weighted by atomic mass is 10.2. The molecule has 3 aromatic heterocycles. The Hall–Kier alpha value is -4.02. The van der Waals surface area contributed by atoms with Crippen molar-refractivity contribution in [3.05, 3.63) is 82.1 Å². The van der Waals surface area contributed by atoms with Crippen molar-refractivity contribution in [2.45, 2.75) is 19.9 Å². The van der Waals surface area contributed by atoms with Crippen LogP contribution < -0.4 is 21.3 Å². The summed E-state index contributed by atoms with van der Waals surface area (Å²) in [6.45, 7) is 4.32. The zero-order valence-corrected chi connectivity index (χ0v) is 21.0. The van der Waals surface area contributed by atoms with Gasteiger partial charge in [0.2, 0.25) is 5.95 Å². The Labute approximate surface area is 215 Å². The molecule has 1 unspecified atom stereocenters. The molecule has 5 rings (SSSR count). The zero-order chi connectivity index (χ0) is 25.2. The van der Waals surface area contributed by atoms with Gasteiger partial charge in [0.15, 0.2) is 0 Å². The number of benzene rings is 2. The van der Waals surface area contributed by atoms with E-state index in [1.165, 1.54) is 11.3 Å². The minimum atomic E-state index is -0.450. The Kier molecular flexibility index (Phi) is 6.53. The summed E-state index contributed by atoms with van der Waals surface area (Å²) in [5, 5.41) is 4.64. The third-order valence-corrected chi connectivity index (χ3v) is 6.71. The first-order chi connectivity index (χ1) is 17.5. The molecule has 0 saturated carbocycles. The number of aromatic nitrogens is 5. The van der Waals surface area contributed by atoms with E-state index in [4.69, 9.17) is 27.1 Å². The Bertz CT molecular complexity index is 1600. The van der Waals surface area contributed by atoms with Crippen molar-refractivity contribution in [3.8, 4) is 21.3 Å². The van der Waals surface area contributed by atoms with Crippen LogP contribution in [0.25, 0.3) is 27.0 Å². The van der Waals surface area contributed by atoms with Gasteiger partial charge in [0.1, 0.15) is 11.6 Å². The van der Waals surface area contributed by atoms with Crippen molar-refractivity contribution in [1.82, 2.24) is 24.5 Å². The van der Waals surface area contributed by atoms with Gasteiger partial charge < -0.3 is 15.8 Å². The van der Waals surface area contributed by atoms with Crippen molar-refractivity contribution >= 4 is 45.6 Å². The van der Waals surface area contributed by atoms with Crippen molar-refractivity contribution in [2.75, 3.05) is 17.7 Å². The summed E-state index contributed by atoms with van der Waals surface area (Å²) in [5.41, 5.74) is 7.55. The van der Waals surface area contributed by atoms with Crippen LogP contribution >= 0.6 is 22.9 Å². The van der Waals surface area contributed by atoms with Gasteiger partial charge in [-0.05, 0) is 38.1 Å². The number of ether oxygens (including phenoxy) is 1. The second kappa shape index (κ2) is 9.92. The van der Waals surface area contributed by atoms with E-state index in [2.05, 4.69) is 20.3 Å². The molecule has 0 amide bonds. The number of nitrogens with zero attached hydrogens (tertiary/aromatic N) is 5. The van der Waals surface area contributed by atoms with Crippen LogP contribution in [0.5, 0.6) is 5.19 Å². The third-order valence-electron chi connectivity index (χ3n) is 5.45. The molecule has 0 aliphatic heterocycles. The number of thiazole rings is 1. The van der Waals surface area contributed by atoms with E-state index in [9.17, 15) is 4.79 Å². The van der Waals surface area contributed by atoms with Gasteiger partial charge in [0.25, 0.3) is 10.8 Å². The van der Waals surface area contributed by atoms with E-state index in [0.29, 0.717) is 50.6 Å². The van der Waals surface area contributed by atoms with E-state index in [1.54, 1.807) is 35.2 Å². The number of rotatable bonds is 7. The van der Waals surface area contributed by atoms with Gasteiger partial charge in [-0.3, -0.25) is 9.36 Å². The normalized spacial score (nSPS) is 12.0. The van der Waals surface area contributed by atoms with E-state index in [1.807, 2.05) is 44.2 Å². The maximum absolute atomic E-state index is 13.7. The molecule has 36 heavy (non-hydrogen) atoms. The van der Waals surface area contributed by atoms with Crippen LogP contribution in [-0.2, 0) is 0 Å². The number of nitrogens with two attached hydrogens (primary N) is 1. The number of nitrogens with one attached hydrogen (secondary N) is 1. The fraction of sp³-hybridized carbons (Fsp3) is 0.160. The first kappa shape index (κ1) is 23.7. The lowest BCUT2D eigenvalue weighted by molar-refractivity contribution is 0.338. The van der Waals surface area contributed by atoms with Crippen LogP contribution in [-0.4, -0.2) is 31.1 Å². The molecule has 0 saturated heterocycles. The predicted octanol–water partition coefficient (Wildman–Crippen LogP) is 5.11. The molecule has 0 aliphatic carbocycles. The van der Waals surface area contributed by atoms with Crippen LogP contribution in [0.15, 0.2) is 65.7 Å². The average molecular weight is 520 g/mol. The summed E-state index contributed by atoms with van der Waals surface area (Å²) in [7, 11) is 0. The molecule has 0 spiro atoms. The number of halogens is 1. The summed E-state index contributed by atoms with van der Waals surface area (Å²) in [6.07, 6.45) is 3.34. The summed E-state index contributed by atoms with van der Waals surface area (Å²) in [5.74, 6) is 1.09. The Balaban J connectivity index is 1.63. The highest BCUT2D eigenvalue weighted by atomic mass is 35.5. The highest BCUT2D eigenvalue weighted by Gasteiger charge is 2.21. The van der Waals surface area contributed by atoms with Crippen molar-refractivity contribution in [3.63, 3.8) is 0 Å². The van der Waals surface area contributed by atoms with Gasteiger partial charge in [-0.25, -0.2) is 15.0 Å². The second-order valence-electron chi connectivity index (χ2n) is 7.86. The smallest absolute Gasteiger partial charge is 0.273 e.